The summed E-state index contributed by atoms with van der Waals surface area (Å²) in [5.74, 6) is -0.507. The number of nitrogens with zero attached hydrogens (tertiary/aromatic N) is 3. The highest BCUT2D eigenvalue weighted by molar-refractivity contribution is 5.94. The number of carbonyl (C=O) groups is 2. The second kappa shape index (κ2) is 11.3. The number of benzene rings is 3. The summed E-state index contributed by atoms with van der Waals surface area (Å²) in [7, 11) is 0. The Hall–Kier alpha value is -4.40. The number of para-hydroxylation sites is 1. The van der Waals surface area contributed by atoms with Crippen LogP contribution in [0.1, 0.15) is 25.0 Å². The first-order chi connectivity index (χ1) is 18.1. The van der Waals surface area contributed by atoms with Gasteiger partial charge in [-0.3, -0.25) is 19.5 Å². The summed E-state index contributed by atoms with van der Waals surface area (Å²) in [6, 6.07) is 23.1. The lowest BCUT2D eigenvalue weighted by Crippen LogP contribution is -2.43. The summed E-state index contributed by atoms with van der Waals surface area (Å²) in [5.41, 5.74) is 2.01. The van der Waals surface area contributed by atoms with E-state index in [1.54, 1.807) is 18.4 Å². The van der Waals surface area contributed by atoms with E-state index in [-0.39, 0.29) is 24.9 Å². The molecule has 0 spiro atoms. The van der Waals surface area contributed by atoms with Crippen molar-refractivity contribution in [2.45, 2.75) is 32.5 Å². The van der Waals surface area contributed by atoms with Gasteiger partial charge in [-0.15, -0.1) is 0 Å². The van der Waals surface area contributed by atoms with Crippen molar-refractivity contribution in [3.8, 4) is 16.9 Å². The minimum Gasteiger partial charge on any atom is -0.331 e. The van der Waals surface area contributed by atoms with E-state index in [1.807, 2.05) is 66.9 Å². The predicted octanol–water partition coefficient (Wildman–Crippen LogP) is 5.98. The summed E-state index contributed by atoms with van der Waals surface area (Å²) in [5, 5.41) is 2.82. The highest BCUT2D eigenvalue weighted by Crippen LogP contribution is 2.29. The SMILES string of the molecule is CC(C)N(CC(=O)Nc1nc(-c2ccccc2)cn1-c1ccccc1)C(=O)Cc1ccc(C(F)(F)F)cc1. The lowest BCUT2D eigenvalue weighted by atomic mass is 10.1. The number of amides is 2. The minimum absolute atomic E-state index is 0.125. The quantitative estimate of drug-likeness (QED) is 0.311. The van der Waals surface area contributed by atoms with E-state index in [9.17, 15) is 22.8 Å². The van der Waals surface area contributed by atoms with Crippen LogP contribution in [0.5, 0.6) is 0 Å². The van der Waals surface area contributed by atoms with Gasteiger partial charge in [-0.25, -0.2) is 4.98 Å². The second-order valence-electron chi connectivity index (χ2n) is 9.06. The maximum Gasteiger partial charge on any atom is 0.416 e. The van der Waals surface area contributed by atoms with E-state index in [1.165, 1.54) is 17.0 Å². The first-order valence-electron chi connectivity index (χ1n) is 12.1. The number of anilines is 1. The first-order valence-corrected chi connectivity index (χ1v) is 12.1. The Morgan fingerprint density at radius 3 is 2.11 bits per heavy atom. The smallest absolute Gasteiger partial charge is 0.331 e. The van der Waals surface area contributed by atoms with Gasteiger partial charge < -0.3 is 4.90 Å². The molecule has 0 radical (unpaired) electrons. The summed E-state index contributed by atoms with van der Waals surface area (Å²) in [6.45, 7) is 3.31. The Kier molecular flexibility index (Phi) is 7.95. The fourth-order valence-electron chi connectivity index (χ4n) is 3.97. The molecule has 0 aliphatic rings. The molecule has 1 N–H and O–H groups in total. The van der Waals surface area contributed by atoms with Crippen molar-refractivity contribution in [1.29, 1.82) is 0 Å². The van der Waals surface area contributed by atoms with Crippen molar-refractivity contribution in [2.24, 2.45) is 0 Å². The van der Waals surface area contributed by atoms with Crippen molar-refractivity contribution in [3.63, 3.8) is 0 Å². The number of nitrogens with one attached hydrogen (secondary N) is 1. The van der Waals surface area contributed by atoms with Gasteiger partial charge in [0.2, 0.25) is 17.8 Å². The van der Waals surface area contributed by atoms with Gasteiger partial charge in [0.25, 0.3) is 0 Å². The molecular weight excluding hydrogens is 493 g/mol. The summed E-state index contributed by atoms with van der Waals surface area (Å²) in [6.07, 6.45) is -2.74. The van der Waals surface area contributed by atoms with Gasteiger partial charge >= 0.3 is 6.18 Å². The number of hydrogen-bond donors (Lipinski definition) is 1. The van der Waals surface area contributed by atoms with Crippen LogP contribution in [0.15, 0.2) is 91.1 Å². The van der Waals surface area contributed by atoms with E-state index in [0.29, 0.717) is 17.2 Å². The minimum atomic E-state index is -4.45. The van der Waals surface area contributed by atoms with Crippen LogP contribution in [0.3, 0.4) is 0 Å². The maximum absolute atomic E-state index is 13.1. The molecule has 3 aromatic carbocycles. The molecule has 38 heavy (non-hydrogen) atoms. The monoisotopic (exact) mass is 520 g/mol. The van der Waals surface area contributed by atoms with Crippen LogP contribution in [-0.2, 0) is 22.2 Å². The number of rotatable bonds is 8. The zero-order valence-electron chi connectivity index (χ0n) is 20.9. The molecule has 0 saturated carbocycles. The third-order valence-electron chi connectivity index (χ3n) is 5.96. The topological polar surface area (TPSA) is 67.2 Å². The predicted molar refractivity (Wildman–Crippen MR) is 140 cm³/mol. The van der Waals surface area contributed by atoms with Gasteiger partial charge in [-0.05, 0) is 43.7 Å². The van der Waals surface area contributed by atoms with Crippen LogP contribution in [0.2, 0.25) is 0 Å². The number of carbonyl (C=O) groups excluding carboxylic acids is 2. The molecule has 6 nitrogen and oxygen atoms in total. The van der Waals surface area contributed by atoms with Gasteiger partial charge in [0, 0.05) is 23.5 Å². The highest BCUT2D eigenvalue weighted by Gasteiger charge is 2.30. The summed E-state index contributed by atoms with van der Waals surface area (Å²) >= 11 is 0. The fraction of sp³-hybridized carbons (Fsp3) is 0.207. The van der Waals surface area contributed by atoms with E-state index in [0.717, 1.165) is 23.4 Å². The molecule has 0 aliphatic carbocycles. The average Bonchev–Trinajstić information content (AvgIpc) is 3.31. The van der Waals surface area contributed by atoms with Crippen LogP contribution in [-0.4, -0.2) is 38.9 Å². The molecule has 2 amide bonds. The van der Waals surface area contributed by atoms with E-state index in [2.05, 4.69) is 10.3 Å². The van der Waals surface area contributed by atoms with Gasteiger partial charge in [-0.2, -0.15) is 13.2 Å². The molecule has 1 aromatic heterocycles. The lowest BCUT2D eigenvalue weighted by molar-refractivity contribution is -0.137. The molecule has 4 rings (SSSR count). The summed E-state index contributed by atoms with van der Waals surface area (Å²) in [4.78, 5) is 32.1. The molecule has 9 heteroatoms. The molecule has 0 unspecified atom stereocenters. The third-order valence-corrected chi connectivity index (χ3v) is 5.96. The van der Waals surface area contributed by atoms with Gasteiger partial charge in [0.1, 0.15) is 6.54 Å². The Morgan fingerprint density at radius 1 is 0.921 bits per heavy atom. The van der Waals surface area contributed by atoms with Crippen LogP contribution in [0.4, 0.5) is 19.1 Å². The van der Waals surface area contributed by atoms with Crippen molar-refractivity contribution in [1.82, 2.24) is 14.5 Å². The largest absolute Gasteiger partial charge is 0.416 e. The highest BCUT2D eigenvalue weighted by atomic mass is 19.4. The zero-order valence-corrected chi connectivity index (χ0v) is 20.9. The van der Waals surface area contributed by atoms with E-state index < -0.39 is 17.6 Å². The molecule has 0 fully saturated rings. The summed E-state index contributed by atoms with van der Waals surface area (Å²) < 4.78 is 40.3. The second-order valence-corrected chi connectivity index (χ2v) is 9.06. The Balaban J connectivity index is 1.51. The van der Waals surface area contributed by atoms with Crippen LogP contribution >= 0.6 is 0 Å². The molecule has 1 heterocycles. The van der Waals surface area contributed by atoms with Crippen LogP contribution < -0.4 is 5.32 Å². The molecule has 0 aliphatic heterocycles. The van der Waals surface area contributed by atoms with E-state index in [4.69, 9.17) is 0 Å². The third kappa shape index (κ3) is 6.47. The molecule has 0 saturated heterocycles. The van der Waals surface area contributed by atoms with Gasteiger partial charge in [-0.1, -0.05) is 60.7 Å². The number of imidazole rings is 1. The number of alkyl halides is 3. The molecular formula is C29H27F3N4O2. The zero-order chi connectivity index (χ0) is 27.3. The van der Waals surface area contributed by atoms with Gasteiger partial charge in [0.05, 0.1) is 17.7 Å². The van der Waals surface area contributed by atoms with Crippen molar-refractivity contribution >= 4 is 17.8 Å². The Labute approximate surface area is 218 Å². The lowest BCUT2D eigenvalue weighted by Gasteiger charge is -2.26. The molecule has 0 atom stereocenters. The Bertz CT molecular complexity index is 1380. The molecule has 4 aromatic rings. The van der Waals surface area contributed by atoms with E-state index >= 15 is 0 Å². The molecule has 0 bridgehead atoms. The van der Waals surface area contributed by atoms with Crippen LogP contribution in [0.25, 0.3) is 16.9 Å². The standard InChI is InChI=1S/C29H27F3N4O2/c1-20(2)35(27(38)17-21-13-15-23(16-14-21)29(30,31)32)19-26(37)34-28-33-25(22-9-5-3-6-10-22)18-36(28)24-11-7-4-8-12-24/h3-16,18,20H,17,19H2,1-2H3,(H,33,34,37). The van der Waals surface area contributed by atoms with Crippen molar-refractivity contribution in [2.75, 3.05) is 11.9 Å². The normalized spacial score (nSPS) is 11.4. The van der Waals surface area contributed by atoms with Crippen molar-refractivity contribution < 1.29 is 22.8 Å². The number of hydrogen-bond acceptors (Lipinski definition) is 3. The van der Waals surface area contributed by atoms with Crippen LogP contribution in [0, 0.1) is 0 Å². The molecule has 196 valence electrons. The van der Waals surface area contributed by atoms with Gasteiger partial charge in [0.15, 0.2) is 0 Å². The van der Waals surface area contributed by atoms with Crippen molar-refractivity contribution in [3.05, 3.63) is 102 Å². The number of aromatic nitrogens is 2. The average molecular weight is 521 g/mol. The number of halogens is 3. The maximum atomic E-state index is 13.1. The fourth-order valence-corrected chi connectivity index (χ4v) is 3.97. The first kappa shape index (κ1) is 26.7. The Morgan fingerprint density at radius 2 is 1.53 bits per heavy atom.